The van der Waals surface area contributed by atoms with Crippen molar-refractivity contribution >= 4 is 42.8 Å². The molecule has 1 aromatic heterocycles. The summed E-state index contributed by atoms with van der Waals surface area (Å²) < 4.78 is 3.32. The number of nitrogens with zero attached hydrogens (tertiary/aromatic N) is 2. The fourth-order valence-corrected chi connectivity index (χ4v) is 3.73. The van der Waals surface area contributed by atoms with Gasteiger partial charge in [0.25, 0.3) is 5.56 Å². The van der Waals surface area contributed by atoms with Crippen LogP contribution in [-0.2, 0) is 0 Å². The van der Waals surface area contributed by atoms with Crippen LogP contribution in [0.4, 0.5) is 0 Å². The summed E-state index contributed by atoms with van der Waals surface area (Å²) in [6.07, 6.45) is 0. The fraction of sp³-hybridized carbons (Fsp3) is 0.125. The van der Waals surface area contributed by atoms with Gasteiger partial charge in [0.05, 0.1) is 16.6 Å². The van der Waals surface area contributed by atoms with Gasteiger partial charge in [-0.15, -0.1) is 0 Å². The third-order valence-corrected chi connectivity index (χ3v) is 4.48. The lowest BCUT2D eigenvalue weighted by Gasteiger charge is -2.13. The molecule has 0 fully saturated rings. The minimum atomic E-state index is -0.0613. The second-order valence-electron chi connectivity index (χ2n) is 4.87. The van der Waals surface area contributed by atoms with E-state index in [4.69, 9.17) is 0 Å². The van der Waals surface area contributed by atoms with Crippen LogP contribution >= 0.6 is 31.9 Å². The van der Waals surface area contributed by atoms with Crippen LogP contribution in [0.3, 0.4) is 0 Å². The third-order valence-electron chi connectivity index (χ3n) is 3.42. The van der Waals surface area contributed by atoms with Gasteiger partial charge < -0.3 is 0 Å². The smallest absolute Gasteiger partial charge is 0.266 e. The number of para-hydroxylation sites is 1. The van der Waals surface area contributed by atoms with Crippen LogP contribution in [0.25, 0.3) is 16.6 Å². The molecule has 0 aliphatic carbocycles. The Morgan fingerprint density at radius 1 is 1.10 bits per heavy atom. The summed E-state index contributed by atoms with van der Waals surface area (Å²) in [6, 6.07) is 11.5. The van der Waals surface area contributed by atoms with Crippen LogP contribution < -0.4 is 5.56 Å². The van der Waals surface area contributed by atoms with Gasteiger partial charge in [0, 0.05) is 8.95 Å². The first kappa shape index (κ1) is 14.5. The van der Waals surface area contributed by atoms with E-state index in [9.17, 15) is 4.79 Å². The van der Waals surface area contributed by atoms with Crippen LogP contribution in [0.15, 0.2) is 50.1 Å². The molecule has 0 amide bonds. The number of halogens is 2. The fourth-order valence-electron chi connectivity index (χ4n) is 2.42. The van der Waals surface area contributed by atoms with Crippen LogP contribution in [-0.4, -0.2) is 9.55 Å². The first-order valence-electron chi connectivity index (χ1n) is 6.43. The Labute approximate surface area is 138 Å². The zero-order valence-electron chi connectivity index (χ0n) is 11.5. The molecule has 0 N–H and O–H groups in total. The highest BCUT2D eigenvalue weighted by Gasteiger charge is 2.13. The van der Waals surface area contributed by atoms with Crippen molar-refractivity contribution in [1.29, 1.82) is 0 Å². The molecular formula is C16H12Br2N2O. The quantitative estimate of drug-likeness (QED) is 0.594. The van der Waals surface area contributed by atoms with E-state index in [0.717, 1.165) is 20.2 Å². The van der Waals surface area contributed by atoms with Gasteiger partial charge in [-0.3, -0.25) is 9.36 Å². The van der Waals surface area contributed by atoms with E-state index < -0.39 is 0 Å². The summed E-state index contributed by atoms with van der Waals surface area (Å²) in [6.45, 7) is 3.84. The average Bonchev–Trinajstić information content (AvgIpc) is 2.42. The minimum Gasteiger partial charge on any atom is -0.268 e. The Kier molecular flexibility index (Phi) is 3.71. The van der Waals surface area contributed by atoms with E-state index in [0.29, 0.717) is 16.7 Å². The molecule has 0 saturated heterocycles. The Balaban J connectivity index is 2.46. The number of benzene rings is 2. The topological polar surface area (TPSA) is 34.9 Å². The molecule has 3 nitrogen and oxygen atoms in total. The molecule has 0 aliphatic rings. The van der Waals surface area contributed by atoms with E-state index in [2.05, 4.69) is 36.8 Å². The predicted octanol–water partition coefficient (Wildman–Crippen LogP) is 4.53. The van der Waals surface area contributed by atoms with Crippen molar-refractivity contribution in [2.24, 2.45) is 0 Å². The summed E-state index contributed by atoms with van der Waals surface area (Å²) in [5, 5.41) is 0.588. The second kappa shape index (κ2) is 5.39. The maximum Gasteiger partial charge on any atom is 0.266 e. The molecule has 1 heterocycles. The lowest BCUT2D eigenvalue weighted by molar-refractivity contribution is 0.887. The molecule has 3 aromatic rings. The van der Waals surface area contributed by atoms with Crippen molar-refractivity contribution in [3.63, 3.8) is 0 Å². The van der Waals surface area contributed by atoms with Gasteiger partial charge in [0.1, 0.15) is 5.82 Å². The monoisotopic (exact) mass is 406 g/mol. The normalized spacial score (nSPS) is 11.0. The molecule has 0 bridgehead atoms. The molecule has 3 rings (SSSR count). The van der Waals surface area contributed by atoms with Gasteiger partial charge in [-0.05, 0) is 53.5 Å². The molecule has 0 atom stereocenters. The first-order chi connectivity index (χ1) is 9.99. The van der Waals surface area contributed by atoms with Gasteiger partial charge >= 0.3 is 0 Å². The highest BCUT2D eigenvalue weighted by atomic mass is 79.9. The maximum absolute atomic E-state index is 12.9. The number of aromatic nitrogens is 2. The summed E-state index contributed by atoms with van der Waals surface area (Å²) in [4.78, 5) is 17.5. The minimum absolute atomic E-state index is 0.0613. The van der Waals surface area contributed by atoms with Crippen LogP contribution in [0, 0.1) is 13.8 Å². The number of hydrogen-bond donors (Lipinski definition) is 0. The number of rotatable bonds is 1. The first-order valence-corrected chi connectivity index (χ1v) is 8.02. The van der Waals surface area contributed by atoms with E-state index in [1.54, 1.807) is 4.57 Å². The second-order valence-corrected chi connectivity index (χ2v) is 6.64. The van der Waals surface area contributed by atoms with Crippen LogP contribution in [0.1, 0.15) is 11.4 Å². The summed E-state index contributed by atoms with van der Waals surface area (Å²) in [7, 11) is 0. The van der Waals surface area contributed by atoms with E-state index >= 15 is 0 Å². The molecule has 0 spiro atoms. The summed E-state index contributed by atoms with van der Waals surface area (Å²) >= 11 is 6.90. The molecule has 0 unspecified atom stereocenters. The van der Waals surface area contributed by atoms with Gasteiger partial charge in [-0.25, -0.2) is 4.98 Å². The zero-order valence-corrected chi connectivity index (χ0v) is 14.7. The van der Waals surface area contributed by atoms with Crippen molar-refractivity contribution in [3.05, 3.63) is 67.1 Å². The SMILES string of the molecule is Cc1ccccc1-n1c(C)nc2c(Br)cc(Br)cc2c1=O. The highest BCUT2D eigenvalue weighted by molar-refractivity contribution is 9.11. The Morgan fingerprint density at radius 2 is 1.81 bits per heavy atom. The molecular weight excluding hydrogens is 396 g/mol. The third kappa shape index (κ3) is 2.45. The zero-order chi connectivity index (χ0) is 15.1. The standard InChI is InChI=1S/C16H12Br2N2O/c1-9-5-3-4-6-14(9)20-10(2)19-15-12(16(20)21)7-11(17)8-13(15)18/h3-8H,1-2H3. The van der Waals surface area contributed by atoms with Crippen molar-refractivity contribution in [3.8, 4) is 5.69 Å². The van der Waals surface area contributed by atoms with Crippen LogP contribution in [0.5, 0.6) is 0 Å². The Morgan fingerprint density at radius 3 is 2.52 bits per heavy atom. The lowest BCUT2D eigenvalue weighted by atomic mass is 10.2. The van der Waals surface area contributed by atoms with Gasteiger partial charge in [0.15, 0.2) is 0 Å². The molecule has 0 radical (unpaired) electrons. The molecule has 0 aliphatic heterocycles. The molecule has 2 aromatic carbocycles. The van der Waals surface area contributed by atoms with Crippen molar-refractivity contribution in [1.82, 2.24) is 9.55 Å². The van der Waals surface area contributed by atoms with Crippen molar-refractivity contribution in [2.75, 3.05) is 0 Å². The number of hydrogen-bond acceptors (Lipinski definition) is 2. The van der Waals surface area contributed by atoms with Crippen molar-refractivity contribution in [2.45, 2.75) is 13.8 Å². The van der Waals surface area contributed by atoms with E-state index in [1.165, 1.54) is 0 Å². The van der Waals surface area contributed by atoms with E-state index in [1.807, 2.05) is 50.2 Å². The van der Waals surface area contributed by atoms with Crippen molar-refractivity contribution < 1.29 is 0 Å². The van der Waals surface area contributed by atoms with Gasteiger partial charge in [0.2, 0.25) is 0 Å². The lowest BCUT2D eigenvalue weighted by Crippen LogP contribution is -2.23. The highest BCUT2D eigenvalue weighted by Crippen LogP contribution is 2.26. The largest absolute Gasteiger partial charge is 0.268 e. The maximum atomic E-state index is 12.9. The van der Waals surface area contributed by atoms with E-state index in [-0.39, 0.29) is 5.56 Å². The van der Waals surface area contributed by atoms with Crippen LogP contribution in [0.2, 0.25) is 0 Å². The molecule has 0 saturated carbocycles. The predicted molar refractivity (Wildman–Crippen MR) is 92.2 cm³/mol. The Bertz CT molecular complexity index is 916. The summed E-state index contributed by atoms with van der Waals surface area (Å²) in [5.41, 5.74) is 2.53. The molecule has 21 heavy (non-hydrogen) atoms. The molecule has 5 heteroatoms. The Hall–Kier alpha value is -1.46. The average molecular weight is 408 g/mol. The van der Waals surface area contributed by atoms with Gasteiger partial charge in [-0.2, -0.15) is 0 Å². The number of fused-ring (bicyclic) bond motifs is 1. The summed E-state index contributed by atoms with van der Waals surface area (Å²) in [5.74, 6) is 0.671. The number of aryl methyl sites for hydroxylation is 2. The molecule has 106 valence electrons. The van der Waals surface area contributed by atoms with Gasteiger partial charge in [-0.1, -0.05) is 34.1 Å².